The summed E-state index contributed by atoms with van der Waals surface area (Å²) in [6.07, 6.45) is 0.0512. The van der Waals surface area contributed by atoms with E-state index in [9.17, 15) is 14.0 Å². The zero-order valence-electron chi connectivity index (χ0n) is 8.37. The van der Waals surface area contributed by atoms with E-state index in [2.05, 4.69) is 5.32 Å². The lowest BCUT2D eigenvalue weighted by molar-refractivity contribution is -0.116. The van der Waals surface area contributed by atoms with Gasteiger partial charge in [0.2, 0.25) is 5.91 Å². The van der Waals surface area contributed by atoms with E-state index in [1.165, 1.54) is 0 Å². The van der Waals surface area contributed by atoms with Crippen molar-refractivity contribution >= 4 is 17.6 Å². The van der Waals surface area contributed by atoms with Crippen LogP contribution < -0.4 is 11.1 Å². The molecule has 0 fully saturated rings. The van der Waals surface area contributed by atoms with Crippen molar-refractivity contribution in [2.75, 3.05) is 11.9 Å². The lowest BCUT2D eigenvalue weighted by Gasteiger charge is -2.07. The summed E-state index contributed by atoms with van der Waals surface area (Å²) in [7, 11) is 0. The largest absolute Gasteiger partial charge is 0.478 e. The minimum Gasteiger partial charge on any atom is -0.478 e. The van der Waals surface area contributed by atoms with Crippen molar-refractivity contribution in [2.24, 2.45) is 5.73 Å². The van der Waals surface area contributed by atoms with Crippen LogP contribution in [0.5, 0.6) is 0 Å². The number of carboxylic acid groups (broad SMARTS) is 1. The Labute approximate surface area is 91.1 Å². The van der Waals surface area contributed by atoms with Gasteiger partial charge >= 0.3 is 5.97 Å². The van der Waals surface area contributed by atoms with Crippen LogP contribution >= 0.6 is 0 Å². The second kappa shape index (κ2) is 5.22. The first-order chi connectivity index (χ1) is 7.54. The molecule has 0 bridgehead atoms. The monoisotopic (exact) mass is 226 g/mol. The zero-order valence-corrected chi connectivity index (χ0v) is 8.37. The number of hydrogen-bond donors (Lipinski definition) is 3. The van der Waals surface area contributed by atoms with Crippen LogP contribution in [0.4, 0.5) is 10.1 Å². The molecule has 4 N–H and O–H groups in total. The minimum atomic E-state index is -1.23. The fraction of sp³-hybridized carbons (Fsp3) is 0.200. The normalized spacial score (nSPS) is 9.88. The quantitative estimate of drug-likeness (QED) is 0.708. The summed E-state index contributed by atoms with van der Waals surface area (Å²) in [5.41, 5.74) is 4.94. The summed E-state index contributed by atoms with van der Waals surface area (Å²) in [5, 5.41) is 11.1. The van der Waals surface area contributed by atoms with Gasteiger partial charge in [0.1, 0.15) is 5.82 Å². The molecule has 0 spiro atoms. The lowest BCUT2D eigenvalue weighted by Crippen LogP contribution is -2.18. The smallest absolute Gasteiger partial charge is 0.337 e. The van der Waals surface area contributed by atoms with Crippen molar-refractivity contribution in [1.29, 1.82) is 0 Å². The zero-order chi connectivity index (χ0) is 12.1. The number of nitrogens with one attached hydrogen (secondary N) is 1. The van der Waals surface area contributed by atoms with Crippen LogP contribution in [0.1, 0.15) is 16.8 Å². The van der Waals surface area contributed by atoms with Gasteiger partial charge in [-0.3, -0.25) is 4.79 Å². The molecule has 0 saturated carbocycles. The predicted octanol–water partition coefficient (Wildman–Crippen LogP) is 0.811. The third-order valence-corrected chi connectivity index (χ3v) is 1.86. The molecule has 1 amide bonds. The van der Waals surface area contributed by atoms with Gasteiger partial charge in [-0.1, -0.05) is 0 Å². The number of carbonyl (C=O) groups is 2. The van der Waals surface area contributed by atoms with E-state index in [0.717, 1.165) is 18.2 Å². The number of benzene rings is 1. The molecule has 0 saturated heterocycles. The van der Waals surface area contributed by atoms with Gasteiger partial charge < -0.3 is 16.2 Å². The Balaban J connectivity index is 2.96. The van der Waals surface area contributed by atoms with E-state index >= 15 is 0 Å². The fourth-order valence-electron chi connectivity index (χ4n) is 1.15. The number of halogens is 1. The minimum absolute atomic E-state index is 0.0512. The van der Waals surface area contributed by atoms with Gasteiger partial charge in [-0.2, -0.15) is 0 Å². The Morgan fingerprint density at radius 1 is 1.44 bits per heavy atom. The van der Waals surface area contributed by atoms with Crippen LogP contribution in [0.3, 0.4) is 0 Å². The average molecular weight is 226 g/mol. The topological polar surface area (TPSA) is 92.4 Å². The van der Waals surface area contributed by atoms with E-state index in [0.29, 0.717) is 0 Å². The van der Waals surface area contributed by atoms with E-state index in [4.69, 9.17) is 10.8 Å². The summed E-state index contributed by atoms with van der Waals surface area (Å²) in [4.78, 5) is 22.0. The van der Waals surface area contributed by atoms with Crippen molar-refractivity contribution in [3.63, 3.8) is 0 Å². The summed E-state index contributed by atoms with van der Waals surface area (Å²) >= 11 is 0. The Bertz CT molecular complexity index is 421. The van der Waals surface area contributed by atoms with Gasteiger partial charge in [0, 0.05) is 13.0 Å². The predicted molar refractivity (Wildman–Crippen MR) is 55.7 cm³/mol. The molecule has 0 aliphatic carbocycles. The second-order valence-corrected chi connectivity index (χ2v) is 3.08. The number of hydrogen-bond acceptors (Lipinski definition) is 3. The van der Waals surface area contributed by atoms with Crippen molar-refractivity contribution in [2.45, 2.75) is 6.42 Å². The molecular formula is C10H11FN2O3. The van der Waals surface area contributed by atoms with Crippen LogP contribution in [0.15, 0.2) is 18.2 Å². The van der Waals surface area contributed by atoms with Crippen molar-refractivity contribution < 1.29 is 19.1 Å². The van der Waals surface area contributed by atoms with Crippen LogP contribution in [0, 0.1) is 5.82 Å². The first-order valence-electron chi connectivity index (χ1n) is 4.57. The number of carboxylic acids is 1. The molecule has 0 aromatic heterocycles. The van der Waals surface area contributed by atoms with Crippen molar-refractivity contribution in [3.8, 4) is 0 Å². The van der Waals surface area contributed by atoms with Gasteiger partial charge in [0.15, 0.2) is 0 Å². The summed E-state index contributed by atoms with van der Waals surface area (Å²) in [6.45, 7) is 0.142. The second-order valence-electron chi connectivity index (χ2n) is 3.08. The molecule has 5 nitrogen and oxygen atoms in total. The molecule has 0 heterocycles. The van der Waals surface area contributed by atoms with E-state index in [1.54, 1.807) is 0 Å². The third-order valence-electron chi connectivity index (χ3n) is 1.86. The van der Waals surface area contributed by atoms with Crippen LogP contribution in [0.25, 0.3) is 0 Å². The van der Waals surface area contributed by atoms with E-state index in [-0.39, 0.29) is 24.2 Å². The SMILES string of the molecule is NCCC(=O)Nc1cc(F)ccc1C(=O)O. The molecule has 0 atom stereocenters. The number of rotatable bonds is 4. The van der Waals surface area contributed by atoms with Crippen molar-refractivity contribution in [1.82, 2.24) is 0 Å². The lowest BCUT2D eigenvalue weighted by atomic mass is 10.1. The van der Waals surface area contributed by atoms with Gasteiger partial charge in [0.05, 0.1) is 11.3 Å². The molecule has 0 unspecified atom stereocenters. The van der Waals surface area contributed by atoms with Crippen LogP contribution in [-0.2, 0) is 4.79 Å². The first-order valence-corrected chi connectivity index (χ1v) is 4.57. The molecule has 1 rings (SSSR count). The van der Waals surface area contributed by atoms with Gasteiger partial charge in [-0.15, -0.1) is 0 Å². The molecule has 0 aliphatic rings. The first kappa shape index (κ1) is 12.1. The highest BCUT2D eigenvalue weighted by molar-refractivity contribution is 6.00. The van der Waals surface area contributed by atoms with E-state index < -0.39 is 17.7 Å². The molecule has 86 valence electrons. The van der Waals surface area contributed by atoms with Gasteiger partial charge in [0.25, 0.3) is 0 Å². The Morgan fingerprint density at radius 2 is 2.12 bits per heavy atom. The molecule has 1 aromatic carbocycles. The van der Waals surface area contributed by atoms with Crippen LogP contribution in [0.2, 0.25) is 0 Å². The van der Waals surface area contributed by atoms with Gasteiger partial charge in [-0.05, 0) is 18.2 Å². The Kier molecular flexibility index (Phi) is 3.96. The van der Waals surface area contributed by atoms with Crippen LogP contribution in [-0.4, -0.2) is 23.5 Å². The standard InChI is InChI=1S/C10H11FN2O3/c11-6-1-2-7(10(15)16)8(5-6)13-9(14)3-4-12/h1-2,5H,3-4,12H2,(H,13,14)(H,15,16). The van der Waals surface area contributed by atoms with Gasteiger partial charge in [-0.25, -0.2) is 9.18 Å². The number of nitrogens with two attached hydrogens (primary N) is 1. The highest BCUT2D eigenvalue weighted by atomic mass is 19.1. The maximum absolute atomic E-state index is 12.9. The highest BCUT2D eigenvalue weighted by Crippen LogP contribution is 2.17. The van der Waals surface area contributed by atoms with E-state index in [1.807, 2.05) is 0 Å². The number of carbonyl (C=O) groups excluding carboxylic acids is 1. The number of aromatic carboxylic acids is 1. The average Bonchev–Trinajstić information content (AvgIpc) is 2.17. The molecule has 0 aliphatic heterocycles. The molecule has 0 radical (unpaired) electrons. The maximum Gasteiger partial charge on any atom is 0.337 e. The Morgan fingerprint density at radius 3 is 2.69 bits per heavy atom. The van der Waals surface area contributed by atoms with Crippen molar-refractivity contribution in [3.05, 3.63) is 29.6 Å². The number of anilines is 1. The maximum atomic E-state index is 12.9. The summed E-state index contributed by atoms with van der Waals surface area (Å²) < 4.78 is 12.9. The highest BCUT2D eigenvalue weighted by Gasteiger charge is 2.12. The molecule has 16 heavy (non-hydrogen) atoms. The summed E-state index contributed by atoms with van der Waals surface area (Å²) in [6, 6.07) is 3.07. The molecule has 1 aromatic rings. The fourth-order valence-corrected chi connectivity index (χ4v) is 1.15. The Hall–Kier alpha value is -1.95. The summed E-state index contributed by atoms with van der Waals surface area (Å²) in [5.74, 6) is -2.30. The molecular weight excluding hydrogens is 215 g/mol. The third kappa shape index (κ3) is 3.03. The molecule has 6 heteroatoms. The number of amides is 1.